The standard InChI is InChI=1S/C22H25NO3/c1-21(2,3)26-20(25)23-15-18-14-22(18,17-12-8-5-9-13-17)19(24)16-10-6-4-7-11-16/h4-13,18H,14-15H2,1-3H3,(H,23,25). The number of ether oxygens (including phenoxy) is 1. The molecule has 0 aliphatic heterocycles. The third-order valence-electron chi connectivity index (χ3n) is 4.73. The topological polar surface area (TPSA) is 55.4 Å². The smallest absolute Gasteiger partial charge is 0.407 e. The number of alkyl carbamates (subject to hydrolysis) is 1. The van der Waals surface area contributed by atoms with E-state index in [2.05, 4.69) is 5.32 Å². The van der Waals surface area contributed by atoms with Crippen LogP contribution >= 0.6 is 0 Å². The molecule has 1 aliphatic carbocycles. The molecule has 4 heteroatoms. The largest absolute Gasteiger partial charge is 0.444 e. The van der Waals surface area contributed by atoms with Gasteiger partial charge in [0.25, 0.3) is 0 Å². The molecule has 0 saturated heterocycles. The first kappa shape index (κ1) is 18.2. The van der Waals surface area contributed by atoms with E-state index in [0.717, 1.165) is 12.0 Å². The van der Waals surface area contributed by atoms with Crippen LogP contribution in [0.1, 0.15) is 43.1 Å². The van der Waals surface area contributed by atoms with Crippen molar-refractivity contribution < 1.29 is 14.3 Å². The molecule has 4 nitrogen and oxygen atoms in total. The van der Waals surface area contributed by atoms with Crippen LogP contribution in [-0.2, 0) is 10.2 Å². The van der Waals surface area contributed by atoms with Crippen LogP contribution < -0.4 is 5.32 Å². The zero-order valence-corrected chi connectivity index (χ0v) is 15.5. The maximum Gasteiger partial charge on any atom is 0.407 e. The normalized spacial score (nSPS) is 21.7. The van der Waals surface area contributed by atoms with Gasteiger partial charge in [-0.2, -0.15) is 0 Å². The number of carbonyl (C=O) groups is 2. The van der Waals surface area contributed by atoms with Crippen molar-refractivity contribution in [3.8, 4) is 0 Å². The fourth-order valence-electron chi connectivity index (χ4n) is 3.44. The molecule has 2 aromatic carbocycles. The second-order valence-corrected chi connectivity index (χ2v) is 7.82. The Balaban J connectivity index is 1.78. The maximum atomic E-state index is 13.3. The van der Waals surface area contributed by atoms with E-state index in [4.69, 9.17) is 4.74 Å². The molecule has 0 spiro atoms. The first-order chi connectivity index (χ1) is 12.3. The van der Waals surface area contributed by atoms with E-state index in [1.54, 1.807) is 0 Å². The zero-order valence-electron chi connectivity index (χ0n) is 15.5. The Morgan fingerprint density at radius 2 is 1.62 bits per heavy atom. The molecule has 0 bridgehead atoms. The van der Waals surface area contributed by atoms with E-state index in [1.165, 1.54) is 0 Å². The molecule has 0 radical (unpaired) electrons. The van der Waals surface area contributed by atoms with Gasteiger partial charge in [0, 0.05) is 12.1 Å². The number of hydrogen-bond donors (Lipinski definition) is 1. The van der Waals surface area contributed by atoms with Gasteiger partial charge in [-0.3, -0.25) is 4.79 Å². The Morgan fingerprint density at radius 1 is 1.04 bits per heavy atom. The zero-order chi connectivity index (χ0) is 18.8. The molecule has 0 aromatic heterocycles. The summed E-state index contributed by atoms with van der Waals surface area (Å²) in [6.45, 7) is 5.91. The molecule has 1 N–H and O–H groups in total. The van der Waals surface area contributed by atoms with Crippen molar-refractivity contribution in [2.75, 3.05) is 6.54 Å². The summed E-state index contributed by atoms with van der Waals surface area (Å²) >= 11 is 0. The van der Waals surface area contributed by atoms with Gasteiger partial charge in [0.2, 0.25) is 0 Å². The second kappa shape index (κ2) is 6.94. The van der Waals surface area contributed by atoms with Crippen molar-refractivity contribution in [3.05, 3.63) is 71.8 Å². The number of amides is 1. The van der Waals surface area contributed by atoms with Gasteiger partial charge >= 0.3 is 6.09 Å². The molecule has 1 amide bonds. The molecule has 0 heterocycles. The Hall–Kier alpha value is -2.62. The summed E-state index contributed by atoms with van der Waals surface area (Å²) in [5.74, 6) is 0.172. The highest BCUT2D eigenvalue weighted by molar-refractivity contribution is 6.06. The van der Waals surface area contributed by atoms with Gasteiger partial charge in [0.05, 0.1) is 5.41 Å². The van der Waals surface area contributed by atoms with Crippen LogP contribution in [0.4, 0.5) is 4.79 Å². The van der Waals surface area contributed by atoms with Crippen LogP contribution in [0.15, 0.2) is 60.7 Å². The molecular formula is C22H25NO3. The monoisotopic (exact) mass is 351 g/mol. The van der Waals surface area contributed by atoms with Crippen molar-refractivity contribution in [1.29, 1.82) is 0 Å². The highest BCUT2D eigenvalue weighted by Crippen LogP contribution is 2.55. The number of benzene rings is 2. The Morgan fingerprint density at radius 3 is 2.19 bits per heavy atom. The highest BCUT2D eigenvalue weighted by atomic mass is 16.6. The van der Waals surface area contributed by atoms with E-state index in [0.29, 0.717) is 12.1 Å². The Bertz CT molecular complexity index is 780. The highest BCUT2D eigenvalue weighted by Gasteiger charge is 2.60. The van der Waals surface area contributed by atoms with E-state index < -0.39 is 17.1 Å². The fraction of sp³-hybridized carbons (Fsp3) is 0.364. The van der Waals surface area contributed by atoms with Gasteiger partial charge in [0.1, 0.15) is 5.60 Å². The van der Waals surface area contributed by atoms with E-state index in [1.807, 2.05) is 81.4 Å². The number of Topliss-reactive ketones (excluding diaryl/α,β-unsaturated/α-hetero) is 1. The first-order valence-electron chi connectivity index (χ1n) is 8.95. The molecule has 2 atom stereocenters. The van der Waals surface area contributed by atoms with Crippen molar-refractivity contribution in [3.63, 3.8) is 0 Å². The average Bonchev–Trinajstić information content (AvgIpc) is 3.35. The lowest BCUT2D eigenvalue weighted by atomic mass is 9.85. The molecule has 26 heavy (non-hydrogen) atoms. The number of ketones is 1. The minimum absolute atomic E-state index is 0.0603. The van der Waals surface area contributed by atoms with Crippen molar-refractivity contribution >= 4 is 11.9 Å². The van der Waals surface area contributed by atoms with Gasteiger partial charge in [0.15, 0.2) is 5.78 Å². The molecular weight excluding hydrogens is 326 g/mol. The molecule has 1 saturated carbocycles. The van der Waals surface area contributed by atoms with Crippen LogP contribution in [0, 0.1) is 5.92 Å². The lowest BCUT2D eigenvalue weighted by molar-refractivity contribution is 0.0522. The SMILES string of the molecule is CC(C)(C)OC(=O)NCC1CC1(C(=O)c1ccccc1)c1ccccc1. The quantitative estimate of drug-likeness (QED) is 0.815. The number of carbonyl (C=O) groups excluding carboxylic acids is 2. The lowest BCUT2D eigenvalue weighted by Gasteiger charge is -2.21. The van der Waals surface area contributed by atoms with Crippen molar-refractivity contribution in [1.82, 2.24) is 5.32 Å². The summed E-state index contributed by atoms with van der Waals surface area (Å²) in [7, 11) is 0. The lowest BCUT2D eigenvalue weighted by Crippen LogP contribution is -2.35. The third kappa shape index (κ3) is 3.79. The fourth-order valence-corrected chi connectivity index (χ4v) is 3.44. The van der Waals surface area contributed by atoms with Crippen LogP contribution in [-0.4, -0.2) is 24.0 Å². The molecule has 3 rings (SSSR count). The summed E-state index contributed by atoms with van der Waals surface area (Å²) in [6, 6.07) is 19.2. The predicted molar refractivity (Wildman–Crippen MR) is 101 cm³/mol. The van der Waals surface area contributed by atoms with Crippen molar-refractivity contribution in [2.24, 2.45) is 5.92 Å². The minimum Gasteiger partial charge on any atom is -0.444 e. The van der Waals surface area contributed by atoms with Crippen LogP contribution in [0.5, 0.6) is 0 Å². The minimum atomic E-state index is -0.572. The van der Waals surface area contributed by atoms with Crippen molar-refractivity contribution in [2.45, 2.75) is 38.2 Å². The molecule has 2 aromatic rings. The molecule has 136 valence electrons. The van der Waals surface area contributed by atoms with Gasteiger partial charge < -0.3 is 10.1 Å². The van der Waals surface area contributed by atoms with E-state index in [9.17, 15) is 9.59 Å². The molecule has 1 aliphatic rings. The molecule has 1 fully saturated rings. The van der Waals surface area contributed by atoms with E-state index in [-0.39, 0.29) is 11.7 Å². The molecule has 2 unspecified atom stereocenters. The van der Waals surface area contributed by atoms with Gasteiger partial charge in [-0.15, -0.1) is 0 Å². The van der Waals surface area contributed by atoms with Gasteiger partial charge in [-0.1, -0.05) is 60.7 Å². The average molecular weight is 351 g/mol. The van der Waals surface area contributed by atoms with Gasteiger partial charge in [-0.05, 0) is 38.7 Å². The number of hydrogen-bond acceptors (Lipinski definition) is 3. The number of nitrogens with one attached hydrogen (secondary N) is 1. The first-order valence-corrected chi connectivity index (χ1v) is 8.95. The summed E-state index contributed by atoms with van der Waals surface area (Å²) in [5.41, 5.74) is 0.600. The summed E-state index contributed by atoms with van der Waals surface area (Å²) in [4.78, 5) is 25.2. The summed E-state index contributed by atoms with van der Waals surface area (Å²) in [6.07, 6.45) is 0.277. The maximum absolute atomic E-state index is 13.3. The van der Waals surface area contributed by atoms with E-state index >= 15 is 0 Å². The third-order valence-corrected chi connectivity index (χ3v) is 4.73. The summed E-state index contributed by atoms with van der Waals surface area (Å²) in [5, 5.41) is 2.82. The summed E-state index contributed by atoms with van der Waals surface area (Å²) < 4.78 is 5.30. The Labute approximate surface area is 154 Å². The second-order valence-electron chi connectivity index (χ2n) is 7.82. The Kier molecular flexibility index (Phi) is 4.86. The van der Waals surface area contributed by atoms with Crippen LogP contribution in [0.3, 0.4) is 0 Å². The predicted octanol–water partition coefficient (Wildman–Crippen LogP) is 4.35. The van der Waals surface area contributed by atoms with Crippen LogP contribution in [0.2, 0.25) is 0 Å². The van der Waals surface area contributed by atoms with Gasteiger partial charge in [-0.25, -0.2) is 4.79 Å². The van der Waals surface area contributed by atoms with Crippen LogP contribution in [0.25, 0.3) is 0 Å². The number of rotatable bonds is 5.